The van der Waals surface area contributed by atoms with E-state index in [0.717, 1.165) is 42.9 Å². The average Bonchev–Trinajstić information content (AvgIpc) is 3.39. The van der Waals surface area contributed by atoms with Crippen LogP contribution in [0.5, 0.6) is 0 Å². The van der Waals surface area contributed by atoms with Crippen molar-refractivity contribution in [2.45, 2.75) is 36.6 Å². The highest BCUT2D eigenvalue weighted by Gasteiger charge is 2.30. The fourth-order valence-corrected chi connectivity index (χ4v) is 5.31. The quantitative estimate of drug-likeness (QED) is 0.724. The van der Waals surface area contributed by atoms with E-state index in [0.29, 0.717) is 9.92 Å². The van der Waals surface area contributed by atoms with Gasteiger partial charge >= 0.3 is 0 Å². The lowest BCUT2D eigenvalue weighted by atomic mass is 10.0. The predicted molar refractivity (Wildman–Crippen MR) is 107 cm³/mol. The van der Waals surface area contributed by atoms with Crippen LogP contribution in [0.1, 0.15) is 32.4 Å². The first-order valence-corrected chi connectivity index (χ1v) is 11.0. The van der Waals surface area contributed by atoms with E-state index < -0.39 is 9.84 Å². The summed E-state index contributed by atoms with van der Waals surface area (Å²) in [4.78, 5) is 2.92. The van der Waals surface area contributed by atoms with Gasteiger partial charge in [-0.05, 0) is 41.9 Å². The number of piperazine rings is 1. The van der Waals surface area contributed by atoms with Crippen molar-refractivity contribution in [3.63, 3.8) is 0 Å². The number of nitrogens with one attached hydrogen (secondary N) is 1. The normalized spacial score (nSPS) is 18.8. The molecule has 1 N–H and O–H groups in total. The first kappa shape index (κ1) is 19.4. The molecule has 26 heavy (non-hydrogen) atoms. The number of hydrogen-bond acceptors (Lipinski definition) is 4. The third-order valence-electron chi connectivity index (χ3n) is 4.89. The summed E-state index contributed by atoms with van der Waals surface area (Å²) >= 11 is 6.16. The summed E-state index contributed by atoms with van der Waals surface area (Å²) in [6, 6.07) is 11.1. The largest absolute Gasteiger partial charge is 0.314 e. The number of rotatable bonds is 4. The second-order valence-electron chi connectivity index (χ2n) is 6.26. The van der Waals surface area contributed by atoms with Crippen molar-refractivity contribution in [1.29, 1.82) is 0 Å². The first-order chi connectivity index (χ1) is 12.5. The van der Waals surface area contributed by atoms with E-state index in [2.05, 4.69) is 17.1 Å². The molecule has 0 radical (unpaired) electrons. The minimum Gasteiger partial charge on any atom is -0.314 e. The van der Waals surface area contributed by atoms with Crippen LogP contribution in [0.3, 0.4) is 0 Å². The van der Waals surface area contributed by atoms with Crippen molar-refractivity contribution in [3.8, 4) is 11.1 Å². The van der Waals surface area contributed by atoms with Crippen molar-refractivity contribution in [2.75, 3.05) is 26.2 Å². The molecule has 6 heteroatoms. The van der Waals surface area contributed by atoms with E-state index in [4.69, 9.17) is 11.6 Å². The first-order valence-electron chi connectivity index (χ1n) is 9.16. The lowest BCUT2D eigenvalue weighted by Gasteiger charge is -2.35. The molecule has 1 aliphatic heterocycles. The van der Waals surface area contributed by atoms with E-state index in [1.54, 1.807) is 18.2 Å². The Bertz CT molecular complexity index is 895. The number of benzene rings is 2. The fourth-order valence-electron chi connectivity index (χ4n) is 3.41. The average molecular weight is 393 g/mol. The Morgan fingerprint density at radius 1 is 1.19 bits per heavy atom. The topological polar surface area (TPSA) is 49.4 Å². The zero-order chi connectivity index (χ0) is 18.9. The van der Waals surface area contributed by atoms with Gasteiger partial charge in [0.2, 0.25) is 9.84 Å². The van der Waals surface area contributed by atoms with Gasteiger partial charge < -0.3 is 5.32 Å². The second-order valence-corrected chi connectivity index (χ2v) is 8.55. The third kappa shape index (κ3) is 3.41. The molecule has 1 aromatic rings. The smallest absolute Gasteiger partial charge is 0.208 e. The molecule has 4 rings (SSSR count). The summed E-state index contributed by atoms with van der Waals surface area (Å²) in [7, 11) is -3.56. The Labute approximate surface area is 161 Å². The van der Waals surface area contributed by atoms with Crippen LogP contribution >= 0.6 is 11.6 Å². The van der Waals surface area contributed by atoms with E-state index >= 15 is 0 Å². The molecule has 3 aliphatic rings. The number of sulfone groups is 1. The molecule has 1 unspecified atom stereocenters. The van der Waals surface area contributed by atoms with Gasteiger partial charge in [0.25, 0.3) is 0 Å². The van der Waals surface area contributed by atoms with Crippen molar-refractivity contribution in [1.82, 2.24) is 10.2 Å². The second kappa shape index (κ2) is 7.69. The van der Waals surface area contributed by atoms with Gasteiger partial charge in [-0.3, -0.25) is 4.90 Å². The van der Waals surface area contributed by atoms with Gasteiger partial charge in [-0.2, -0.15) is 0 Å². The molecule has 0 spiro atoms. The summed E-state index contributed by atoms with van der Waals surface area (Å²) < 4.78 is 25.6. The van der Waals surface area contributed by atoms with Crippen molar-refractivity contribution < 1.29 is 8.42 Å². The van der Waals surface area contributed by atoms with Crippen LogP contribution in [0, 0.1) is 0 Å². The highest BCUT2D eigenvalue weighted by molar-refractivity contribution is 7.91. The zero-order valence-corrected chi connectivity index (χ0v) is 17.0. The molecule has 1 aromatic carbocycles. The molecule has 1 heterocycles. The zero-order valence-electron chi connectivity index (χ0n) is 15.4. The van der Waals surface area contributed by atoms with E-state index in [1.165, 1.54) is 0 Å². The molecule has 140 valence electrons. The standard InChI is InChI=1S/C18H19ClN2O2S.C2H6/c1-2-21-8-7-20-11-16(21)12-3-5-14(6-4-12)24(22,23)17-10-13-9-15(13)18(17)19;1-2/h3-6,9-10,16,20H,2,7-8,11H2,1H3;1-2H3. The van der Waals surface area contributed by atoms with Gasteiger partial charge in [-0.15, -0.1) is 0 Å². The van der Waals surface area contributed by atoms with Crippen LogP contribution < -0.4 is 5.32 Å². The van der Waals surface area contributed by atoms with E-state index in [9.17, 15) is 8.42 Å². The Morgan fingerprint density at radius 3 is 2.46 bits per heavy atom. The van der Waals surface area contributed by atoms with Crippen LogP contribution in [-0.4, -0.2) is 39.5 Å². The summed E-state index contributed by atoms with van der Waals surface area (Å²) in [5, 5.41) is 3.75. The van der Waals surface area contributed by atoms with Crippen molar-refractivity contribution in [2.24, 2.45) is 0 Å². The molecule has 1 fully saturated rings. The maximum absolute atomic E-state index is 12.8. The molecule has 2 aliphatic carbocycles. The fraction of sp³-hybridized carbons (Fsp3) is 0.400. The van der Waals surface area contributed by atoms with Gasteiger partial charge in [0.15, 0.2) is 0 Å². The van der Waals surface area contributed by atoms with Gasteiger partial charge in [0, 0.05) is 31.2 Å². The Hall–Kier alpha value is -1.40. The number of hydrogen-bond donors (Lipinski definition) is 1. The van der Waals surface area contributed by atoms with E-state index in [-0.39, 0.29) is 10.9 Å². The van der Waals surface area contributed by atoms with E-state index in [1.807, 2.05) is 32.0 Å². The lowest BCUT2D eigenvalue weighted by molar-refractivity contribution is 0.171. The number of halogens is 1. The molecule has 0 aromatic heterocycles. The van der Waals surface area contributed by atoms with Gasteiger partial charge in [-0.1, -0.05) is 44.5 Å². The SMILES string of the molecule is CC.CCN1CCNCC1c1ccc(S(=O)(=O)c2cc3cc-3c2Cl)cc1. The predicted octanol–water partition coefficient (Wildman–Crippen LogP) is 4.15. The Balaban J connectivity index is 0.000000948. The van der Waals surface area contributed by atoms with Crippen LogP contribution in [0.4, 0.5) is 0 Å². The molecular formula is C20H25ClN2O2S. The number of fused-ring (bicyclic) bond motifs is 1. The highest BCUT2D eigenvalue weighted by Crippen LogP contribution is 2.47. The molecule has 0 bridgehead atoms. The minimum atomic E-state index is -3.56. The van der Waals surface area contributed by atoms with Crippen molar-refractivity contribution >= 4 is 21.4 Å². The van der Waals surface area contributed by atoms with Crippen LogP contribution in [0.15, 0.2) is 46.2 Å². The van der Waals surface area contributed by atoms with Gasteiger partial charge in [0.05, 0.1) is 14.8 Å². The molecule has 1 atom stereocenters. The number of likely N-dealkylation sites (N-methyl/N-ethyl adjacent to an activating group) is 1. The minimum absolute atomic E-state index is 0.221. The molecule has 0 saturated carbocycles. The Kier molecular flexibility index (Phi) is 5.72. The molecule has 0 amide bonds. The monoisotopic (exact) mass is 392 g/mol. The van der Waals surface area contributed by atoms with Crippen LogP contribution in [0.2, 0.25) is 5.02 Å². The lowest BCUT2D eigenvalue weighted by Crippen LogP contribution is -2.45. The van der Waals surface area contributed by atoms with Crippen LogP contribution in [0.25, 0.3) is 11.1 Å². The third-order valence-corrected chi connectivity index (χ3v) is 7.21. The summed E-state index contributed by atoms with van der Waals surface area (Å²) in [5.74, 6) is 0. The van der Waals surface area contributed by atoms with Gasteiger partial charge in [-0.25, -0.2) is 8.42 Å². The summed E-state index contributed by atoms with van der Waals surface area (Å²) in [6.45, 7) is 10.0. The molecular weight excluding hydrogens is 368 g/mol. The Morgan fingerprint density at radius 2 is 1.88 bits per heavy atom. The summed E-state index contributed by atoms with van der Waals surface area (Å²) in [6.07, 6.45) is 0. The van der Waals surface area contributed by atoms with Crippen molar-refractivity contribution in [3.05, 3.63) is 47.0 Å². The van der Waals surface area contributed by atoms with Gasteiger partial charge in [0.1, 0.15) is 0 Å². The summed E-state index contributed by atoms with van der Waals surface area (Å²) in [5.41, 5.74) is 2.93. The maximum atomic E-state index is 12.8. The molecule has 1 saturated heterocycles. The van der Waals surface area contributed by atoms with Crippen LogP contribution in [-0.2, 0) is 9.84 Å². The molecule has 4 nitrogen and oxygen atoms in total. The maximum Gasteiger partial charge on any atom is 0.208 e. The highest BCUT2D eigenvalue weighted by atomic mass is 35.5. The number of nitrogens with zero attached hydrogens (tertiary/aromatic N) is 1.